The third-order valence-electron chi connectivity index (χ3n) is 1.92. The predicted molar refractivity (Wildman–Crippen MR) is 65.7 cm³/mol. The Morgan fingerprint density at radius 3 is 2.53 bits per heavy atom. The number of benzene rings is 1. The summed E-state index contributed by atoms with van der Waals surface area (Å²) in [5.41, 5.74) is 2.94. The maximum Gasteiger partial charge on any atom is 0.281 e. The number of nitrogens with one attached hydrogen (secondary N) is 1. The minimum Gasteiger partial charge on any atom is -0.483 e. The second kappa shape index (κ2) is 5.68. The molecular formula is C13H19NO3. The van der Waals surface area contributed by atoms with Gasteiger partial charge in [0, 0.05) is 0 Å². The number of carbonyl (C=O) groups excluding carboxylic acids is 1. The van der Waals surface area contributed by atoms with E-state index in [1.165, 1.54) is 0 Å². The normalized spacial score (nSPS) is 11.1. The van der Waals surface area contributed by atoms with Crippen LogP contribution in [0.25, 0.3) is 0 Å². The number of ether oxygens (including phenoxy) is 1. The molecule has 0 fully saturated rings. The molecule has 4 nitrogen and oxygen atoms in total. The number of para-hydroxylation sites is 1. The first kappa shape index (κ1) is 13.5. The predicted octanol–water partition coefficient (Wildman–Crippen LogP) is 2.22. The molecule has 0 spiro atoms. The van der Waals surface area contributed by atoms with Gasteiger partial charge in [-0.3, -0.25) is 9.63 Å². The Morgan fingerprint density at radius 1 is 1.29 bits per heavy atom. The van der Waals surface area contributed by atoms with E-state index in [-0.39, 0.29) is 12.5 Å². The first-order valence-electron chi connectivity index (χ1n) is 5.54. The minimum atomic E-state index is -0.404. The second-order valence-electron chi connectivity index (χ2n) is 4.79. The lowest BCUT2D eigenvalue weighted by Gasteiger charge is -2.19. The molecule has 0 aliphatic carbocycles. The van der Waals surface area contributed by atoms with Crippen LogP contribution in [0, 0.1) is 6.92 Å². The number of hydrogen-bond donors (Lipinski definition) is 1. The van der Waals surface area contributed by atoms with Crippen LogP contribution in [0.3, 0.4) is 0 Å². The van der Waals surface area contributed by atoms with Gasteiger partial charge in [-0.15, -0.1) is 0 Å². The highest BCUT2D eigenvalue weighted by Gasteiger charge is 2.13. The molecule has 0 saturated heterocycles. The zero-order valence-electron chi connectivity index (χ0n) is 10.7. The highest BCUT2D eigenvalue weighted by Crippen LogP contribution is 2.15. The molecule has 0 aliphatic rings. The summed E-state index contributed by atoms with van der Waals surface area (Å²) in [6.07, 6.45) is 0. The van der Waals surface area contributed by atoms with Crippen LogP contribution < -0.4 is 10.2 Å². The van der Waals surface area contributed by atoms with Crippen molar-refractivity contribution in [1.82, 2.24) is 5.48 Å². The molecule has 1 aromatic rings. The van der Waals surface area contributed by atoms with Crippen LogP contribution in [-0.2, 0) is 9.63 Å². The van der Waals surface area contributed by atoms with Crippen molar-refractivity contribution < 1.29 is 14.4 Å². The Bertz CT molecular complexity index is 382. The van der Waals surface area contributed by atoms with E-state index < -0.39 is 5.60 Å². The average molecular weight is 237 g/mol. The van der Waals surface area contributed by atoms with Crippen molar-refractivity contribution >= 4 is 5.91 Å². The van der Waals surface area contributed by atoms with Crippen LogP contribution >= 0.6 is 0 Å². The van der Waals surface area contributed by atoms with Crippen molar-refractivity contribution in [3.8, 4) is 5.75 Å². The van der Waals surface area contributed by atoms with Gasteiger partial charge in [0.25, 0.3) is 5.91 Å². The van der Waals surface area contributed by atoms with Gasteiger partial charge in [0.15, 0.2) is 6.61 Å². The van der Waals surface area contributed by atoms with Crippen LogP contribution in [0.1, 0.15) is 26.3 Å². The average Bonchev–Trinajstić information content (AvgIpc) is 2.24. The van der Waals surface area contributed by atoms with Crippen molar-refractivity contribution in [3.63, 3.8) is 0 Å². The summed E-state index contributed by atoms with van der Waals surface area (Å²) in [7, 11) is 0. The molecule has 1 aromatic carbocycles. The van der Waals surface area contributed by atoms with Gasteiger partial charge >= 0.3 is 0 Å². The molecule has 0 saturated carbocycles. The number of rotatable bonds is 4. The third kappa shape index (κ3) is 5.36. The van der Waals surface area contributed by atoms with E-state index in [4.69, 9.17) is 9.57 Å². The Balaban J connectivity index is 2.36. The van der Waals surface area contributed by atoms with Crippen molar-refractivity contribution in [2.45, 2.75) is 33.3 Å². The lowest BCUT2D eigenvalue weighted by atomic mass is 10.2. The van der Waals surface area contributed by atoms with Crippen LogP contribution in [0.5, 0.6) is 5.75 Å². The molecule has 0 bridgehead atoms. The van der Waals surface area contributed by atoms with Crippen LogP contribution in [0.15, 0.2) is 24.3 Å². The van der Waals surface area contributed by atoms with Crippen LogP contribution in [-0.4, -0.2) is 18.1 Å². The molecule has 1 rings (SSSR count). The van der Waals surface area contributed by atoms with E-state index in [9.17, 15) is 4.79 Å². The maximum atomic E-state index is 11.4. The fourth-order valence-electron chi connectivity index (χ4n) is 1.10. The zero-order chi connectivity index (χ0) is 12.9. The molecule has 0 aromatic heterocycles. The van der Waals surface area contributed by atoms with Crippen LogP contribution in [0.2, 0.25) is 0 Å². The van der Waals surface area contributed by atoms with Gasteiger partial charge in [-0.05, 0) is 39.3 Å². The standard InChI is InChI=1S/C13H19NO3/c1-10-7-5-6-8-11(10)16-9-12(15)14-17-13(2,3)4/h5-8H,9H2,1-4H3,(H,14,15). The van der Waals surface area contributed by atoms with Crippen molar-refractivity contribution in [1.29, 1.82) is 0 Å². The SMILES string of the molecule is Cc1ccccc1OCC(=O)NOC(C)(C)C. The summed E-state index contributed by atoms with van der Waals surface area (Å²) >= 11 is 0. The van der Waals surface area contributed by atoms with Gasteiger partial charge in [-0.1, -0.05) is 18.2 Å². The Kier molecular flexibility index (Phi) is 4.52. The number of amides is 1. The smallest absolute Gasteiger partial charge is 0.281 e. The molecule has 0 unspecified atom stereocenters. The molecule has 0 aliphatic heterocycles. The van der Waals surface area contributed by atoms with Gasteiger partial charge < -0.3 is 4.74 Å². The number of aryl methyl sites for hydroxylation is 1. The highest BCUT2D eigenvalue weighted by atomic mass is 16.7. The van der Waals surface area contributed by atoms with E-state index in [1.54, 1.807) is 0 Å². The van der Waals surface area contributed by atoms with Crippen molar-refractivity contribution in [2.24, 2.45) is 0 Å². The summed E-state index contributed by atoms with van der Waals surface area (Å²) < 4.78 is 5.37. The van der Waals surface area contributed by atoms with Gasteiger partial charge in [0.05, 0.1) is 5.60 Å². The number of carbonyl (C=O) groups is 1. The minimum absolute atomic E-state index is 0.0546. The fourth-order valence-corrected chi connectivity index (χ4v) is 1.10. The van der Waals surface area contributed by atoms with Gasteiger partial charge in [-0.25, -0.2) is 5.48 Å². The molecule has 0 atom stereocenters. The lowest BCUT2D eigenvalue weighted by molar-refractivity contribution is -0.147. The zero-order valence-corrected chi connectivity index (χ0v) is 10.7. The van der Waals surface area contributed by atoms with E-state index >= 15 is 0 Å². The quantitative estimate of drug-likeness (QED) is 0.817. The molecule has 17 heavy (non-hydrogen) atoms. The monoisotopic (exact) mass is 237 g/mol. The molecule has 94 valence electrons. The summed E-state index contributed by atoms with van der Waals surface area (Å²) in [4.78, 5) is 16.5. The first-order valence-corrected chi connectivity index (χ1v) is 5.54. The summed E-state index contributed by atoms with van der Waals surface area (Å²) in [6, 6.07) is 7.54. The third-order valence-corrected chi connectivity index (χ3v) is 1.92. The molecule has 1 N–H and O–H groups in total. The van der Waals surface area contributed by atoms with Gasteiger partial charge in [-0.2, -0.15) is 0 Å². The summed E-state index contributed by atoms with van der Waals surface area (Å²) in [5.74, 6) is 0.404. The number of hydroxylamine groups is 1. The molecule has 0 radical (unpaired) electrons. The van der Waals surface area contributed by atoms with Crippen molar-refractivity contribution in [3.05, 3.63) is 29.8 Å². The second-order valence-corrected chi connectivity index (χ2v) is 4.79. The molecule has 4 heteroatoms. The van der Waals surface area contributed by atoms with Crippen molar-refractivity contribution in [2.75, 3.05) is 6.61 Å². The van der Waals surface area contributed by atoms with E-state index in [0.29, 0.717) is 5.75 Å². The van der Waals surface area contributed by atoms with E-state index in [1.807, 2.05) is 52.0 Å². The summed E-state index contributed by atoms with van der Waals surface area (Å²) in [5, 5.41) is 0. The highest BCUT2D eigenvalue weighted by molar-refractivity contribution is 5.76. The fraction of sp³-hybridized carbons (Fsp3) is 0.462. The van der Waals surface area contributed by atoms with Gasteiger partial charge in [0.2, 0.25) is 0 Å². The summed E-state index contributed by atoms with van der Waals surface area (Å²) in [6.45, 7) is 7.44. The Hall–Kier alpha value is -1.55. The Labute approximate surface area is 102 Å². The Morgan fingerprint density at radius 2 is 1.94 bits per heavy atom. The number of hydrogen-bond acceptors (Lipinski definition) is 3. The van der Waals surface area contributed by atoms with E-state index in [2.05, 4.69) is 5.48 Å². The maximum absolute atomic E-state index is 11.4. The molecular weight excluding hydrogens is 218 g/mol. The van der Waals surface area contributed by atoms with Crippen LogP contribution in [0.4, 0.5) is 0 Å². The van der Waals surface area contributed by atoms with Gasteiger partial charge in [0.1, 0.15) is 5.75 Å². The van der Waals surface area contributed by atoms with E-state index in [0.717, 1.165) is 5.56 Å². The first-order chi connectivity index (χ1) is 7.88. The largest absolute Gasteiger partial charge is 0.483 e. The molecule has 1 amide bonds. The molecule has 0 heterocycles. The topological polar surface area (TPSA) is 47.6 Å². The lowest BCUT2D eigenvalue weighted by Crippen LogP contribution is -2.36.